The second-order valence-electron chi connectivity index (χ2n) is 7.73. The first-order valence-corrected chi connectivity index (χ1v) is 10.1. The number of aromatic nitrogens is 1. The zero-order valence-electron chi connectivity index (χ0n) is 16.9. The van der Waals surface area contributed by atoms with Crippen LogP contribution in [0.15, 0.2) is 51.7 Å². The summed E-state index contributed by atoms with van der Waals surface area (Å²) < 4.78 is 6.66. The van der Waals surface area contributed by atoms with E-state index in [1.165, 1.54) is 4.57 Å². The molecule has 0 radical (unpaired) electrons. The van der Waals surface area contributed by atoms with Gasteiger partial charge in [-0.25, -0.2) is 4.79 Å². The Kier molecular flexibility index (Phi) is 5.68. The average molecular weight is 404 g/mol. The van der Waals surface area contributed by atoms with Gasteiger partial charge in [0.25, 0.3) is 0 Å². The van der Waals surface area contributed by atoms with Gasteiger partial charge in [0.15, 0.2) is 5.58 Å². The second kappa shape index (κ2) is 8.56. The Hall–Kier alpha value is -3.37. The number of nitriles is 1. The number of rotatable bonds is 5. The first kappa shape index (κ1) is 19.9. The van der Waals surface area contributed by atoms with E-state index in [9.17, 15) is 14.9 Å². The topological polar surface area (TPSA) is 100 Å². The van der Waals surface area contributed by atoms with Crippen LogP contribution in [0.5, 0.6) is 0 Å². The quantitative estimate of drug-likeness (QED) is 0.680. The molecule has 7 heteroatoms. The number of oxazole rings is 1. The fraction of sp³-hybridized carbons (Fsp3) is 0.348. The van der Waals surface area contributed by atoms with E-state index in [1.807, 2.05) is 36.4 Å². The molecule has 0 aliphatic carbocycles. The van der Waals surface area contributed by atoms with Crippen molar-refractivity contribution in [3.8, 4) is 17.2 Å². The van der Waals surface area contributed by atoms with Crippen LogP contribution >= 0.6 is 0 Å². The van der Waals surface area contributed by atoms with Gasteiger partial charge in [0.1, 0.15) is 6.04 Å². The van der Waals surface area contributed by atoms with Crippen LogP contribution in [0.25, 0.3) is 22.2 Å². The fourth-order valence-corrected chi connectivity index (χ4v) is 3.88. The molecule has 1 unspecified atom stereocenters. The van der Waals surface area contributed by atoms with Gasteiger partial charge in [0, 0.05) is 19.4 Å². The molecule has 2 N–H and O–H groups in total. The van der Waals surface area contributed by atoms with Crippen molar-refractivity contribution in [3.63, 3.8) is 0 Å². The maximum atomic E-state index is 12.4. The molecule has 1 fully saturated rings. The molecule has 1 amide bonds. The number of amides is 1. The fourth-order valence-electron chi connectivity index (χ4n) is 3.88. The Labute approximate surface area is 174 Å². The van der Waals surface area contributed by atoms with Gasteiger partial charge in [-0.2, -0.15) is 5.26 Å². The van der Waals surface area contributed by atoms with E-state index >= 15 is 0 Å². The number of aryl methyl sites for hydroxylation is 1. The second-order valence-corrected chi connectivity index (χ2v) is 7.73. The molecule has 0 saturated carbocycles. The van der Waals surface area contributed by atoms with Crippen molar-refractivity contribution in [2.45, 2.75) is 25.3 Å². The third-order valence-electron chi connectivity index (χ3n) is 5.70. The summed E-state index contributed by atoms with van der Waals surface area (Å²) in [5.74, 6) is -0.427. The number of nitrogens with one attached hydrogen (secondary N) is 2. The van der Waals surface area contributed by atoms with Crippen molar-refractivity contribution in [2.24, 2.45) is 13.0 Å². The third-order valence-corrected chi connectivity index (χ3v) is 5.70. The molecule has 154 valence electrons. The molecule has 1 saturated heterocycles. The minimum absolute atomic E-state index is 0.0155. The van der Waals surface area contributed by atoms with E-state index in [1.54, 1.807) is 13.1 Å². The van der Waals surface area contributed by atoms with E-state index in [0.717, 1.165) is 48.1 Å². The summed E-state index contributed by atoms with van der Waals surface area (Å²) in [5, 5.41) is 15.6. The van der Waals surface area contributed by atoms with Gasteiger partial charge in [0.05, 0.1) is 11.6 Å². The van der Waals surface area contributed by atoms with Crippen LogP contribution in [-0.2, 0) is 18.3 Å². The van der Waals surface area contributed by atoms with Gasteiger partial charge in [-0.3, -0.25) is 9.36 Å². The maximum Gasteiger partial charge on any atom is 0.419 e. The molecule has 2 aromatic carbocycles. The van der Waals surface area contributed by atoms with Gasteiger partial charge in [-0.15, -0.1) is 0 Å². The number of fused-ring (bicyclic) bond motifs is 1. The molecule has 7 nitrogen and oxygen atoms in total. The molecule has 1 aliphatic heterocycles. The summed E-state index contributed by atoms with van der Waals surface area (Å²) in [6.45, 7) is 1.69. The van der Waals surface area contributed by atoms with Crippen LogP contribution in [-0.4, -0.2) is 29.6 Å². The number of hydrogen-bond donors (Lipinski definition) is 2. The molecule has 3 aromatic rings. The van der Waals surface area contributed by atoms with Crippen LogP contribution in [0.3, 0.4) is 0 Å². The Morgan fingerprint density at radius 2 is 1.93 bits per heavy atom. The zero-order valence-corrected chi connectivity index (χ0v) is 16.9. The van der Waals surface area contributed by atoms with Crippen molar-refractivity contribution in [1.29, 1.82) is 5.26 Å². The Bertz CT molecular complexity index is 1150. The summed E-state index contributed by atoms with van der Waals surface area (Å²) in [4.78, 5) is 24.1. The van der Waals surface area contributed by atoms with Crippen LogP contribution in [0.1, 0.15) is 18.4 Å². The largest absolute Gasteiger partial charge is 0.419 e. The van der Waals surface area contributed by atoms with E-state index in [0.29, 0.717) is 12.0 Å². The molecule has 30 heavy (non-hydrogen) atoms. The van der Waals surface area contributed by atoms with Crippen LogP contribution < -0.4 is 16.4 Å². The normalized spacial score (nSPS) is 15.6. The van der Waals surface area contributed by atoms with E-state index in [2.05, 4.69) is 16.7 Å². The van der Waals surface area contributed by atoms with Gasteiger partial charge < -0.3 is 15.1 Å². The number of carbonyl (C=O) groups is 1. The number of piperidine rings is 1. The summed E-state index contributed by atoms with van der Waals surface area (Å²) in [6.07, 6.45) is 2.08. The van der Waals surface area contributed by atoms with E-state index in [-0.39, 0.29) is 17.6 Å². The average Bonchev–Trinajstić information content (AvgIpc) is 3.07. The lowest BCUT2D eigenvalue weighted by Gasteiger charge is -2.23. The Morgan fingerprint density at radius 3 is 2.63 bits per heavy atom. The third kappa shape index (κ3) is 4.14. The summed E-state index contributed by atoms with van der Waals surface area (Å²) in [5.41, 5.74) is 4.26. The highest BCUT2D eigenvalue weighted by atomic mass is 16.4. The monoisotopic (exact) mass is 404 g/mol. The predicted octanol–water partition coefficient (Wildman–Crippen LogP) is 2.35. The lowest BCUT2D eigenvalue weighted by Crippen LogP contribution is -2.43. The van der Waals surface area contributed by atoms with E-state index in [4.69, 9.17) is 4.42 Å². The van der Waals surface area contributed by atoms with Crippen LogP contribution in [0, 0.1) is 17.2 Å². The van der Waals surface area contributed by atoms with E-state index < -0.39 is 6.04 Å². The molecular formula is C23H24N4O3. The standard InChI is InChI=1S/C23H24N4O3/c1-27-20-13-18(6-7-21(20)30-23(27)29)16-4-2-15(3-5-16)12-19(14-24)26-22(28)17-8-10-25-11-9-17/h2-7,13,17,19,25H,8-12H2,1H3,(H,26,28). The predicted molar refractivity (Wildman–Crippen MR) is 114 cm³/mol. The van der Waals surface area contributed by atoms with Gasteiger partial charge in [-0.1, -0.05) is 30.3 Å². The van der Waals surface area contributed by atoms with Gasteiger partial charge >= 0.3 is 5.76 Å². The minimum atomic E-state index is -0.546. The summed E-state index contributed by atoms with van der Waals surface area (Å²) >= 11 is 0. The van der Waals surface area contributed by atoms with Crippen molar-refractivity contribution >= 4 is 17.0 Å². The first-order valence-electron chi connectivity index (χ1n) is 10.1. The molecule has 0 spiro atoms. The highest BCUT2D eigenvalue weighted by Crippen LogP contribution is 2.24. The highest BCUT2D eigenvalue weighted by Gasteiger charge is 2.23. The van der Waals surface area contributed by atoms with Gasteiger partial charge in [0.2, 0.25) is 5.91 Å². The molecule has 1 aromatic heterocycles. The number of carbonyl (C=O) groups excluding carboxylic acids is 1. The number of benzene rings is 2. The molecule has 0 bridgehead atoms. The molecule has 1 atom stereocenters. The Morgan fingerprint density at radius 1 is 1.23 bits per heavy atom. The first-order chi connectivity index (χ1) is 14.5. The lowest BCUT2D eigenvalue weighted by atomic mass is 9.96. The number of nitrogens with zero attached hydrogens (tertiary/aromatic N) is 2. The smallest absolute Gasteiger partial charge is 0.408 e. The van der Waals surface area contributed by atoms with Crippen molar-refractivity contribution in [1.82, 2.24) is 15.2 Å². The number of hydrogen-bond acceptors (Lipinski definition) is 5. The molecule has 4 rings (SSSR count). The Balaban J connectivity index is 1.45. The molecule has 2 heterocycles. The summed E-state index contributed by atoms with van der Waals surface area (Å²) in [6, 6.07) is 15.2. The lowest BCUT2D eigenvalue weighted by molar-refractivity contribution is -0.126. The van der Waals surface area contributed by atoms with Crippen molar-refractivity contribution < 1.29 is 9.21 Å². The highest BCUT2D eigenvalue weighted by molar-refractivity contribution is 5.81. The molecule has 1 aliphatic rings. The molecular weight excluding hydrogens is 380 g/mol. The van der Waals surface area contributed by atoms with Crippen molar-refractivity contribution in [2.75, 3.05) is 13.1 Å². The summed E-state index contributed by atoms with van der Waals surface area (Å²) in [7, 11) is 1.68. The van der Waals surface area contributed by atoms with Crippen LogP contribution in [0.4, 0.5) is 0 Å². The van der Waals surface area contributed by atoms with Crippen molar-refractivity contribution in [3.05, 3.63) is 58.6 Å². The van der Waals surface area contributed by atoms with Crippen LogP contribution in [0.2, 0.25) is 0 Å². The SMILES string of the molecule is Cn1c(=O)oc2ccc(-c3ccc(CC(C#N)NC(=O)C4CCNCC4)cc3)cc21. The minimum Gasteiger partial charge on any atom is -0.408 e. The van der Waals surface area contributed by atoms with Gasteiger partial charge in [-0.05, 0) is 54.8 Å². The maximum absolute atomic E-state index is 12.4. The zero-order chi connectivity index (χ0) is 21.1.